The summed E-state index contributed by atoms with van der Waals surface area (Å²) in [5, 5.41) is 2.30. The quantitative estimate of drug-likeness (QED) is 0.594. The Balaban J connectivity index is 1.48. The Labute approximate surface area is 166 Å². The number of aromatic amines is 1. The Bertz CT molecular complexity index is 941. The molecule has 1 aliphatic rings. The number of nitrogens with zero attached hydrogens (tertiary/aromatic N) is 2. The molecule has 0 saturated heterocycles. The predicted octanol–water partition coefficient (Wildman–Crippen LogP) is 4.94. The molecule has 1 fully saturated rings. The van der Waals surface area contributed by atoms with E-state index in [0.717, 1.165) is 27.7 Å². The van der Waals surface area contributed by atoms with E-state index in [2.05, 4.69) is 39.2 Å². The summed E-state index contributed by atoms with van der Waals surface area (Å²) in [7, 11) is 0. The summed E-state index contributed by atoms with van der Waals surface area (Å²) >= 11 is 7.37. The first-order chi connectivity index (χ1) is 13.2. The highest BCUT2D eigenvalue weighted by Crippen LogP contribution is 2.48. The van der Waals surface area contributed by atoms with E-state index >= 15 is 0 Å². The Kier molecular flexibility index (Phi) is 5.18. The molecule has 1 aromatic carbocycles. The number of benzene rings is 1. The molecule has 0 amide bonds. The van der Waals surface area contributed by atoms with Gasteiger partial charge < -0.3 is 9.72 Å². The third kappa shape index (κ3) is 4.01. The SMILES string of the molecule is CCOC(=O)C1CC1c1ccc(-c2[nH]cnc2Sc2ccc(Cl)cn2)cc1. The smallest absolute Gasteiger partial charge is 0.309 e. The van der Waals surface area contributed by atoms with Crippen LogP contribution in [-0.2, 0) is 9.53 Å². The molecule has 2 aromatic heterocycles. The number of halogens is 1. The van der Waals surface area contributed by atoms with Crippen molar-refractivity contribution in [1.82, 2.24) is 15.0 Å². The molecule has 2 unspecified atom stereocenters. The Morgan fingerprint density at radius 1 is 1.26 bits per heavy atom. The number of ether oxygens (including phenoxy) is 1. The second-order valence-electron chi connectivity index (χ2n) is 6.32. The fourth-order valence-corrected chi connectivity index (χ4v) is 3.99. The van der Waals surface area contributed by atoms with Gasteiger partial charge in [0.15, 0.2) is 0 Å². The summed E-state index contributed by atoms with van der Waals surface area (Å²) in [6.45, 7) is 2.27. The summed E-state index contributed by atoms with van der Waals surface area (Å²) in [4.78, 5) is 23.7. The van der Waals surface area contributed by atoms with Crippen LogP contribution in [0.25, 0.3) is 11.3 Å². The van der Waals surface area contributed by atoms with Crippen molar-refractivity contribution in [3.63, 3.8) is 0 Å². The standard InChI is InChI=1S/C20H18ClN3O2S/c1-2-26-20(25)16-9-15(16)12-3-5-13(6-4-12)18-19(24-11-23-18)27-17-8-7-14(21)10-22-17/h3-8,10-11,15-16H,2,9H2,1H3,(H,23,24). The van der Waals surface area contributed by atoms with Crippen LogP contribution in [-0.4, -0.2) is 27.5 Å². The van der Waals surface area contributed by atoms with Crippen molar-refractivity contribution in [3.8, 4) is 11.3 Å². The second-order valence-corrected chi connectivity index (χ2v) is 7.77. The first-order valence-corrected chi connectivity index (χ1v) is 9.95. The number of aromatic nitrogens is 3. The number of imidazole rings is 1. The van der Waals surface area contributed by atoms with Crippen LogP contribution in [0.5, 0.6) is 0 Å². The molecule has 0 aliphatic heterocycles. The highest BCUT2D eigenvalue weighted by atomic mass is 35.5. The van der Waals surface area contributed by atoms with Gasteiger partial charge in [0.2, 0.25) is 0 Å². The number of hydrogen-bond acceptors (Lipinski definition) is 5. The summed E-state index contributed by atoms with van der Waals surface area (Å²) in [5.41, 5.74) is 3.16. The summed E-state index contributed by atoms with van der Waals surface area (Å²) in [5.74, 6) is 0.186. The van der Waals surface area contributed by atoms with E-state index in [4.69, 9.17) is 16.3 Å². The number of H-pyrrole nitrogens is 1. The highest BCUT2D eigenvalue weighted by Gasteiger charge is 2.45. The van der Waals surface area contributed by atoms with Crippen LogP contribution >= 0.6 is 23.4 Å². The van der Waals surface area contributed by atoms with Crippen molar-refractivity contribution in [2.75, 3.05) is 6.61 Å². The molecule has 2 atom stereocenters. The molecule has 138 valence electrons. The second kappa shape index (κ2) is 7.74. The maximum atomic E-state index is 11.8. The monoisotopic (exact) mass is 399 g/mol. The molecule has 0 spiro atoms. The molecule has 4 rings (SSSR count). The largest absolute Gasteiger partial charge is 0.466 e. The lowest BCUT2D eigenvalue weighted by molar-refractivity contribution is -0.144. The van der Waals surface area contributed by atoms with Crippen molar-refractivity contribution >= 4 is 29.3 Å². The zero-order valence-electron chi connectivity index (χ0n) is 14.7. The maximum absolute atomic E-state index is 11.8. The van der Waals surface area contributed by atoms with Gasteiger partial charge in [-0.3, -0.25) is 4.79 Å². The highest BCUT2D eigenvalue weighted by molar-refractivity contribution is 7.99. The molecule has 27 heavy (non-hydrogen) atoms. The van der Waals surface area contributed by atoms with Crippen molar-refractivity contribution in [2.24, 2.45) is 5.92 Å². The third-order valence-electron chi connectivity index (χ3n) is 4.51. The van der Waals surface area contributed by atoms with E-state index < -0.39 is 0 Å². The molecule has 7 heteroatoms. The minimum absolute atomic E-state index is 0.00468. The van der Waals surface area contributed by atoms with Crippen LogP contribution in [0.15, 0.2) is 59.0 Å². The minimum atomic E-state index is -0.0886. The molecular formula is C20H18ClN3O2S. The maximum Gasteiger partial charge on any atom is 0.309 e. The number of nitrogens with one attached hydrogen (secondary N) is 1. The van der Waals surface area contributed by atoms with E-state index in [1.807, 2.05) is 19.1 Å². The minimum Gasteiger partial charge on any atom is -0.466 e. The fourth-order valence-electron chi connectivity index (χ4n) is 3.06. The third-order valence-corrected chi connectivity index (χ3v) is 5.69. The zero-order chi connectivity index (χ0) is 18.8. The number of hydrogen-bond donors (Lipinski definition) is 1. The summed E-state index contributed by atoms with van der Waals surface area (Å²) < 4.78 is 5.11. The molecule has 5 nitrogen and oxygen atoms in total. The predicted molar refractivity (Wildman–Crippen MR) is 105 cm³/mol. The molecule has 1 N–H and O–H groups in total. The van der Waals surface area contributed by atoms with Gasteiger partial charge in [-0.15, -0.1) is 0 Å². The van der Waals surface area contributed by atoms with Crippen molar-refractivity contribution in [2.45, 2.75) is 29.3 Å². The van der Waals surface area contributed by atoms with E-state index in [-0.39, 0.29) is 17.8 Å². The van der Waals surface area contributed by atoms with Crippen LogP contribution < -0.4 is 0 Å². The van der Waals surface area contributed by atoms with Gasteiger partial charge in [-0.2, -0.15) is 0 Å². The summed E-state index contributed by atoms with van der Waals surface area (Å²) in [6, 6.07) is 12.0. The van der Waals surface area contributed by atoms with E-state index in [1.165, 1.54) is 17.3 Å². The van der Waals surface area contributed by atoms with Crippen LogP contribution in [0.2, 0.25) is 5.02 Å². The van der Waals surface area contributed by atoms with Crippen molar-refractivity contribution in [1.29, 1.82) is 0 Å². The molecular weight excluding hydrogens is 382 g/mol. The van der Waals surface area contributed by atoms with Gasteiger partial charge >= 0.3 is 5.97 Å². The first-order valence-electron chi connectivity index (χ1n) is 8.75. The van der Waals surface area contributed by atoms with Gasteiger partial charge in [-0.25, -0.2) is 9.97 Å². The van der Waals surface area contributed by atoms with E-state index in [9.17, 15) is 4.79 Å². The summed E-state index contributed by atoms with van der Waals surface area (Å²) in [6.07, 6.45) is 4.17. The van der Waals surface area contributed by atoms with E-state index in [0.29, 0.717) is 11.6 Å². The number of esters is 1. The fraction of sp³-hybridized carbons (Fsp3) is 0.250. The van der Waals surface area contributed by atoms with Crippen LogP contribution in [0.4, 0.5) is 0 Å². The van der Waals surface area contributed by atoms with Gasteiger partial charge in [0.25, 0.3) is 0 Å². The van der Waals surface area contributed by atoms with Gasteiger partial charge in [0, 0.05) is 11.8 Å². The first kappa shape index (κ1) is 18.1. The topological polar surface area (TPSA) is 67.9 Å². The molecule has 3 aromatic rings. The number of pyridine rings is 1. The molecule has 0 radical (unpaired) electrons. The molecule has 1 aliphatic carbocycles. The Morgan fingerprint density at radius 2 is 2.07 bits per heavy atom. The average Bonchev–Trinajstić information content (AvgIpc) is 3.36. The van der Waals surface area contributed by atoms with Crippen LogP contribution in [0.3, 0.4) is 0 Å². The van der Waals surface area contributed by atoms with Gasteiger partial charge in [-0.1, -0.05) is 35.9 Å². The number of rotatable bonds is 6. The van der Waals surface area contributed by atoms with Gasteiger partial charge in [-0.05, 0) is 48.7 Å². The Morgan fingerprint density at radius 3 is 2.78 bits per heavy atom. The normalized spacial score (nSPS) is 18.3. The van der Waals surface area contributed by atoms with Gasteiger partial charge in [0.05, 0.1) is 29.6 Å². The van der Waals surface area contributed by atoms with Crippen molar-refractivity contribution < 1.29 is 9.53 Å². The lowest BCUT2D eigenvalue weighted by Crippen LogP contribution is -2.07. The van der Waals surface area contributed by atoms with Crippen LogP contribution in [0, 0.1) is 5.92 Å². The lowest BCUT2D eigenvalue weighted by Gasteiger charge is -2.05. The van der Waals surface area contributed by atoms with E-state index in [1.54, 1.807) is 12.5 Å². The molecule has 1 saturated carbocycles. The zero-order valence-corrected chi connectivity index (χ0v) is 16.3. The average molecular weight is 400 g/mol. The molecule has 2 heterocycles. The van der Waals surface area contributed by atoms with Gasteiger partial charge in [0.1, 0.15) is 10.1 Å². The number of carbonyl (C=O) groups is 1. The number of carbonyl (C=O) groups excluding carboxylic acids is 1. The lowest BCUT2D eigenvalue weighted by atomic mass is 10.1. The molecule has 0 bridgehead atoms. The Hall–Kier alpha value is -2.31. The van der Waals surface area contributed by atoms with Crippen LogP contribution in [0.1, 0.15) is 24.8 Å². The van der Waals surface area contributed by atoms with Crippen molar-refractivity contribution in [3.05, 3.63) is 59.5 Å².